The molecule has 3 heteroatoms. The van der Waals surface area contributed by atoms with Crippen LogP contribution in [0.25, 0.3) is 0 Å². The maximum atomic E-state index is 11.3. The van der Waals surface area contributed by atoms with Gasteiger partial charge in [-0.2, -0.15) is 0 Å². The largest absolute Gasteiger partial charge is 0.444 e. The van der Waals surface area contributed by atoms with E-state index in [0.29, 0.717) is 0 Å². The number of rotatable bonds is 4. The van der Waals surface area contributed by atoms with Crippen LogP contribution in [0.5, 0.6) is 0 Å². The lowest BCUT2D eigenvalue weighted by molar-refractivity contribution is 0.0506. The molecule has 0 unspecified atom stereocenters. The van der Waals surface area contributed by atoms with Gasteiger partial charge in [0.1, 0.15) is 5.60 Å². The Hall–Kier alpha value is -0.990. The number of amides is 1. The molecule has 0 aliphatic carbocycles. The zero-order valence-corrected chi connectivity index (χ0v) is 9.59. The minimum atomic E-state index is -0.428. The summed E-state index contributed by atoms with van der Waals surface area (Å²) in [6.07, 6.45) is 3.28. The van der Waals surface area contributed by atoms with Crippen LogP contribution in [-0.4, -0.2) is 17.7 Å². The van der Waals surface area contributed by atoms with E-state index in [1.807, 2.05) is 33.8 Å². The van der Waals surface area contributed by atoms with E-state index in [1.54, 1.807) is 0 Å². The summed E-state index contributed by atoms with van der Waals surface area (Å²) in [4.78, 5) is 11.3. The first kappa shape index (κ1) is 13.0. The van der Waals surface area contributed by atoms with Gasteiger partial charge in [-0.15, -0.1) is 6.58 Å². The van der Waals surface area contributed by atoms with E-state index in [1.165, 1.54) is 0 Å². The Balaban J connectivity index is 3.76. The maximum absolute atomic E-state index is 11.3. The standard InChI is InChI=1S/C11H21NO2/c1-6-7-8-9(2)12-10(13)14-11(3,4)5/h6,9H,1,7-8H2,2-5H3,(H,12,13)/t9-/m1/s1. The summed E-state index contributed by atoms with van der Waals surface area (Å²) in [6, 6.07) is 0.128. The number of hydrogen-bond acceptors (Lipinski definition) is 2. The van der Waals surface area contributed by atoms with Crippen molar-refractivity contribution in [2.45, 2.75) is 52.2 Å². The molecule has 0 aromatic carbocycles. The first-order valence-corrected chi connectivity index (χ1v) is 4.95. The van der Waals surface area contributed by atoms with Crippen molar-refractivity contribution < 1.29 is 9.53 Å². The first-order chi connectivity index (χ1) is 6.35. The van der Waals surface area contributed by atoms with Crippen molar-refractivity contribution in [1.29, 1.82) is 0 Å². The fourth-order valence-electron chi connectivity index (χ4n) is 0.949. The molecule has 0 saturated carbocycles. The Morgan fingerprint density at radius 2 is 2.14 bits per heavy atom. The highest BCUT2D eigenvalue weighted by atomic mass is 16.6. The Labute approximate surface area is 86.5 Å². The minimum Gasteiger partial charge on any atom is -0.444 e. The lowest BCUT2D eigenvalue weighted by Crippen LogP contribution is -2.37. The molecule has 0 radical (unpaired) electrons. The molecular weight excluding hydrogens is 178 g/mol. The highest BCUT2D eigenvalue weighted by molar-refractivity contribution is 5.67. The van der Waals surface area contributed by atoms with Gasteiger partial charge in [0.15, 0.2) is 0 Å². The van der Waals surface area contributed by atoms with Gasteiger partial charge in [-0.1, -0.05) is 6.08 Å². The van der Waals surface area contributed by atoms with Crippen molar-refractivity contribution in [2.75, 3.05) is 0 Å². The fraction of sp³-hybridized carbons (Fsp3) is 0.727. The first-order valence-electron chi connectivity index (χ1n) is 4.95. The second-order valence-corrected chi connectivity index (χ2v) is 4.41. The predicted molar refractivity (Wildman–Crippen MR) is 58.3 cm³/mol. The summed E-state index contributed by atoms with van der Waals surface area (Å²) < 4.78 is 5.11. The molecule has 82 valence electrons. The predicted octanol–water partition coefficient (Wildman–Crippen LogP) is 2.87. The molecular formula is C11H21NO2. The van der Waals surface area contributed by atoms with Gasteiger partial charge < -0.3 is 10.1 Å². The molecule has 0 heterocycles. The molecule has 1 N–H and O–H groups in total. The SMILES string of the molecule is C=CCC[C@@H](C)NC(=O)OC(C)(C)C. The van der Waals surface area contributed by atoms with E-state index < -0.39 is 5.60 Å². The molecule has 0 aliphatic heterocycles. The summed E-state index contributed by atoms with van der Waals surface area (Å²) in [5, 5.41) is 2.76. The van der Waals surface area contributed by atoms with Crippen LogP contribution < -0.4 is 5.32 Å². The molecule has 0 bridgehead atoms. The van der Waals surface area contributed by atoms with E-state index in [-0.39, 0.29) is 12.1 Å². The lowest BCUT2D eigenvalue weighted by Gasteiger charge is -2.21. The van der Waals surface area contributed by atoms with Crippen molar-refractivity contribution in [3.05, 3.63) is 12.7 Å². The second kappa shape index (κ2) is 5.68. The van der Waals surface area contributed by atoms with E-state index in [4.69, 9.17) is 4.74 Å². The molecule has 0 saturated heterocycles. The van der Waals surface area contributed by atoms with Gasteiger partial charge in [0.2, 0.25) is 0 Å². The third-order valence-electron chi connectivity index (χ3n) is 1.57. The van der Waals surface area contributed by atoms with Crippen LogP contribution in [0.1, 0.15) is 40.5 Å². The third kappa shape index (κ3) is 7.65. The quantitative estimate of drug-likeness (QED) is 0.707. The number of hydrogen-bond donors (Lipinski definition) is 1. The number of carbonyl (C=O) groups excluding carboxylic acids is 1. The highest BCUT2D eigenvalue weighted by Gasteiger charge is 2.17. The number of nitrogens with one attached hydrogen (secondary N) is 1. The third-order valence-corrected chi connectivity index (χ3v) is 1.57. The van der Waals surface area contributed by atoms with Crippen LogP contribution in [0.3, 0.4) is 0 Å². The molecule has 0 aromatic rings. The van der Waals surface area contributed by atoms with Gasteiger partial charge >= 0.3 is 6.09 Å². The second-order valence-electron chi connectivity index (χ2n) is 4.41. The average molecular weight is 199 g/mol. The molecule has 0 aliphatic rings. The molecule has 1 atom stereocenters. The number of allylic oxidation sites excluding steroid dienone is 1. The number of alkyl carbamates (subject to hydrolysis) is 1. The van der Waals surface area contributed by atoms with Gasteiger partial charge in [-0.05, 0) is 40.5 Å². The van der Waals surface area contributed by atoms with Gasteiger partial charge in [-0.25, -0.2) is 4.79 Å². The van der Waals surface area contributed by atoms with E-state index in [9.17, 15) is 4.79 Å². The summed E-state index contributed by atoms with van der Waals surface area (Å²) in [6.45, 7) is 11.1. The van der Waals surface area contributed by atoms with Crippen LogP contribution in [0.15, 0.2) is 12.7 Å². The van der Waals surface area contributed by atoms with Gasteiger partial charge in [0.05, 0.1) is 0 Å². The average Bonchev–Trinajstić information content (AvgIpc) is 1.96. The maximum Gasteiger partial charge on any atom is 0.407 e. The summed E-state index contributed by atoms with van der Waals surface area (Å²) >= 11 is 0. The topological polar surface area (TPSA) is 38.3 Å². The molecule has 1 amide bonds. The van der Waals surface area contributed by atoms with Crippen LogP contribution in [0.4, 0.5) is 4.79 Å². The van der Waals surface area contributed by atoms with Gasteiger partial charge in [0, 0.05) is 6.04 Å². The van der Waals surface area contributed by atoms with Crippen LogP contribution >= 0.6 is 0 Å². The molecule has 0 spiro atoms. The lowest BCUT2D eigenvalue weighted by atomic mass is 10.2. The molecule has 0 aromatic heterocycles. The summed E-state index contributed by atoms with van der Waals surface area (Å²) in [7, 11) is 0. The number of ether oxygens (including phenoxy) is 1. The normalized spacial score (nSPS) is 13.1. The molecule has 0 rings (SSSR count). The molecule has 3 nitrogen and oxygen atoms in total. The highest BCUT2D eigenvalue weighted by Crippen LogP contribution is 2.07. The van der Waals surface area contributed by atoms with Gasteiger partial charge in [-0.3, -0.25) is 0 Å². The van der Waals surface area contributed by atoms with Crippen LogP contribution in [0.2, 0.25) is 0 Å². The summed E-state index contributed by atoms with van der Waals surface area (Å²) in [5.74, 6) is 0. The van der Waals surface area contributed by atoms with E-state index in [2.05, 4.69) is 11.9 Å². The van der Waals surface area contributed by atoms with Crippen molar-refractivity contribution in [2.24, 2.45) is 0 Å². The Bertz CT molecular complexity index is 194. The zero-order chi connectivity index (χ0) is 11.2. The Morgan fingerprint density at radius 3 is 2.57 bits per heavy atom. The minimum absolute atomic E-state index is 0.128. The Kier molecular flexibility index (Phi) is 5.28. The van der Waals surface area contributed by atoms with Crippen molar-refractivity contribution in [3.8, 4) is 0 Å². The van der Waals surface area contributed by atoms with Crippen molar-refractivity contribution >= 4 is 6.09 Å². The molecule has 0 fully saturated rings. The fourth-order valence-corrected chi connectivity index (χ4v) is 0.949. The smallest absolute Gasteiger partial charge is 0.407 e. The van der Waals surface area contributed by atoms with E-state index in [0.717, 1.165) is 12.8 Å². The summed E-state index contributed by atoms with van der Waals surface area (Å²) in [5.41, 5.74) is -0.428. The van der Waals surface area contributed by atoms with Crippen molar-refractivity contribution in [1.82, 2.24) is 5.32 Å². The monoisotopic (exact) mass is 199 g/mol. The Morgan fingerprint density at radius 1 is 1.57 bits per heavy atom. The van der Waals surface area contributed by atoms with Crippen LogP contribution in [0, 0.1) is 0 Å². The molecule has 14 heavy (non-hydrogen) atoms. The zero-order valence-electron chi connectivity index (χ0n) is 9.59. The van der Waals surface area contributed by atoms with Gasteiger partial charge in [0.25, 0.3) is 0 Å². The van der Waals surface area contributed by atoms with Crippen molar-refractivity contribution in [3.63, 3.8) is 0 Å². The van der Waals surface area contributed by atoms with E-state index >= 15 is 0 Å². The number of carbonyl (C=O) groups is 1. The van der Waals surface area contributed by atoms with Crippen LogP contribution in [-0.2, 0) is 4.74 Å².